The molecule has 0 aliphatic heterocycles. The largest absolute Gasteiger partial charge is 0.459 e. The highest BCUT2D eigenvalue weighted by Gasteiger charge is 2.23. The molecular weight excluding hydrogens is 350 g/mol. The topological polar surface area (TPSA) is 106 Å². The Balaban J connectivity index is 1.90. The van der Waals surface area contributed by atoms with Gasteiger partial charge in [0.15, 0.2) is 0 Å². The van der Waals surface area contributed by atoms with Crippen molar-refractivity contribution in [2.45, 2.75) is 65.1 Å². The maximum absolute atomic E-state index is 12.1. The van der Waals surface area contributed by atoms with E-state index < -0.39 is 23.5 Å². The first-order chi connectivity index (χ1) is 12.8. The highest BCUT2D eigenvalue weighted by molar-refractivity contribution is 5.94. The van der Waals surface area contributed by atoms with Crippen LogP contribution in [0.3, 0.4) is 0 Å². The summed E-state index contributed by atoms with van der Waals surface area (Å²) in [6.45, 7) is 5.19. The Morgan fingerprint density at radius 3 is 2.59 bits per heavy atom. The molecule has 1 saturated carbocycles. The minimum absolute atomic E-state index is 0.0560. The zero-order chi connectivity index (χ0) is 20.0. The van der Waals surface area contributed by atoms with E-state index in [9.17, 15) is 19.2 Å². The zero-order valence-electron chi connectivity index (χ0n) is 16.0. The fraction of sp³-hybridized carbons (Fsp3) is 0.579. The number of imide groups is 1. The normalized spacial score (nSPS) is 19.4. The third-order valence-electron chi connectivity index (χ3n) is 4.57. The van der Waals surface area contributed by atoms with E-state index in [4.69, 9.17) is 4.74 Å². The number of aromatic nitrogens is 1. The van der Waals surface area contributed by atoms with E-state index in [0.29, 0.717) is 5.92 Å². The number of esters is 1. The van der Waals surface area contributed by atoms with Gasteiger partial charge in [0.2, 0.25) is 5.91 Å². The zero-order valence-corrected chi connectivity index (χ0v) is 16.0. The predicted molar refractivity (Wildman–Crippen MR) is 99.3 cm³/mol. The number of urea groups is 1. The van der Waals surface area contributed by atoms with Gasteiger partial charge in [0.25, 0.3) is 5.56 Å². The Hall–Kier alpha value is -2.64. The van der Waals surface area contributed by atoms with Crippen LogP contribution < -0.4 is 16.2 Å². The van der Waals surface area contributed by atoms with Gasteiger partial charge in [-0.25, -0.2) is 9.59 Å². The van der Waals surface area contributed by atoms with Crippen LogP contribution in [0.4, 0.5) is 4.79 Å². The Labute approximate surface area is 158 Å². The van der Waals surface area contributed by atoms with Gasteiger partial charge in [-0.3, -0.25) is 14.9 Å². The molecule has 1 fully saturated rings. The van der Waals surface area contributed by atoms with Crippen LogP contribution in [0, 0.1) is 5.92 Å². The molecule has 1 aliphatic carbocycles. The quantitative estimate of drug-likeness (QED) is 0.761. The number of nitrogens with zero attached hydrogens (tertiary/aromatic N) is 1. The standard InChI is InChI=1S/C19H27N3O5/c1-12(2)27-18(25)14-8-9-22(17(24)10-14)11-16(23)21-19(26)20-15-7-5-4-6-13(15)3/h8-10,12-13,15H,4-7,11H2,1-3H3,(H2,20,21,23,26)/t13-,15-/m0/s1. The van der Waals surface area contributed by atoms with E-state index in [1.165, 1.54) is 12.3 Å². The molecule has 0 saturated heterocycles. The van der Waals surface area contributed by atoms with Gasteiger partial charge in [-0.05, 0) is 38.7 Å². The summed E-state index contributed by atoms with van der Waals surface area (Å²) in [4.78, 5) is 47.9. The maximum atomic E-state index is 12.1. The van der Waals surface area contributed by atoms with Gasteiger partial charge in [-0.1, -0.05) is 19.8 Å². The fourth-order valence-electron chi connectivity index (χ4n) is 3.10. The monoisotopic (exact) mass is 377 g/mol. The average Bonchev–Trinajstić information content (AvgIpc) is 2.58. The van der Waals surface area contributed by atoms with E-state index in [1.54, 1.807) is 13.8 Å². The van der Waals surface area contributed by atoms with Crippen molar-refractivity contribution in [3.63, 3.8) is 0 Å². The lowest BCUT2D eigenvalue weighted by atomic mass is 9.86. The second-order valence-electron chi connectivity index (χ2n) is 7.23. The number of carbonyl (C=O) groups is 3. The van der Waals surface area contributed by atoms with E-state index >= 15 is 0 Å². The Bertz CT molecular complexity index is 756. The lowest BCUT2D eigenvalue weighted by Gasteiger charge is -2.29. The highest BCUT2D eigenvalue weighted by atomic mass is 16.5. The van der Waals surface area contributed by atoms with Crippen LogP contribution in [-0.4, -0.2) is 34.6 Å². The predicted octanol–water partition coefficient (Wildman–Crippen LogP) is 1.82. The Morgan fingerprint density at radius 1 is 1.26 bits per heavy atom. The molecule has 2 rings (SSSR count). The van der Waals surface area contributed by atoms with E-state index in [1.807, 2.05) is 0 Å². The van der Waals surface area contributed by atoms with Crippen LogP contribution in [0.5, 0.6) is 0 Å². The molecule has 0 unspecified atom stereocenters. The number of hydrogen-bond donors (Lipinski definition) is 2. The number of amides is 3. The first-order valence-corrected chi connectivity index (χ1v) is 9.28. The first kappa shape index (κ1) is 20.7. The summed E-state index contributed by atoms with van der Waals surface area (Å²) in [6, 6.07) is 2.02. The van der Waals surface area contributed by atoms with E-state index in [0.717, 1.165) is 36.3 Å². The van der Waals surface area contributed by atoms with Crippen LogP contribution in [0.25, 0.3) is 0 Å². The smallest absolute Gasteiger partial charge is 0.338 e. The van der Waals surface area contributed by atoms with Crippen molar-refractivity contribution in [2.75, 3.05) is 0 Å². The lowest BCUT2D eigenvalue weighted by Crippen LogP contribution is -2.48. The van der Waals surface area contributed by atoms with Crippen LogP contribution in [0.15, 0.2) is 23.1 Å². The van der Waals surface area contributed by atoms with Crippen molar-refractivity contribution in [3.05, 3.63) is 34.2 Å². The van der Waals surface area contributed by atoms with Crippen molar-refractivity contribution in [2.24, 2.45) is 5.92 Å². The van der Waals surface area contributed by atoms with E-state index in [-0.39, 0.29) is 24.3 Å². The average molecular weight is 377 g/mol. The van der Waals surface area contributed by atoms with Gasteiger partial charge < -0.3 is 14.6 Å². The van der Waals surface area contributed by atoms with Crippen LogP contribution in [0.2, 0.25) is 0 Å². The molecule has 3 amide bonds. The molecule has 0 radical (unpaired) electrons. The summed E-state index contributed by atoms with van der Waals surface area (Å²) in [7, 11) is 0. The summed E-state index contributed by atoms with van der Waals surface area (Å²) in [5, 5.41) is 5.07. The molecule has 2 atom stereocenters. The maximum Gasteiger partial charge on any atom is 0.338 e. The summed E-state index contributed by atoms with van der Waals surface area (Å²) < 4.78 is 6.15. The van der Waals surface area contributed by atoms with Crippen LogP contribution in [-0.2, 0) is 16.1 Å². The molecule has 27 heavy (non-hydrogen) atoms. The third-order valence-corrected chi connectivity index (χ3v) is 4.57. The second-order valence-corrected chi connectivity index (χ2v) is 7.23. The molecule has 0 spiro atoms. The SMILES string of the molecule is CC(C)OC(=O)c1ccn(CC(=O)NC(=O)N[C@H]2CCCC[C@@H]2C)c(=O)c1. The molecule has 1 heterocycles. The number of ether oxygens (including phenoxy) is 1. The summed E-state index contributed by atoms with van der Waals surface area (Å²) in [6.07, 6.45) is 5.21. The molecule has 0 aromatic carbocycles. The highest BCUT2D eigenvalue weighted by Crippen LogP contribution is 2.23. The Morgan fingerprint density at radius 2 is 1.96 bits per heavy atom. The van der Waals surface area contributed by atoms with Gasteiger partial charge >= 0.3 is 12.0 Å². The Kier molecular flexibility index (Phi) is 7.15. The van der Waals surface area contributed by atoms with Gasteiger partial charge in [0.05, 0.1) is 11.7 Å². The van der Waals surface area contributed by atoms with Crippen molar-refractivity contribution in [1.29, 1.82) is 0 Å². The van der Waals surface area contributed by atoms with Gasteiger partial charge in [-0.15, -0.1) is 0 Å². The third kappa shape index (κ3) is 6.23. The fourth-order valence-corrected chi connectivity index (χ4v) is 3.10. The number of rotatable bonds is 5. The minimum atomic E-state index is -0.601. The summed E-state index contributed by atoms with van der Waals surface area (Å²) >= 11 is 0. The van der Waals surface area contributed by atoms with E-state index in [2.05, 4.69) is 17.6 Å². The molecule has 2 N–H and O–H groups in total. The van der Waals surface area contributed by atoms with Crippen LogP contribution in [0.1, 0.15) is 56.8 Å². The minimum Gasteiger partial charge on any atom is -0.459 e. The summed E-state index contributed by atoms with van der Waals surface area (Å²) in [5.74, 6) is -0.824. The molecule has 0 bridgehead atoms. The molecular formula is C19H27N3O5. The summed E-state index contributed by atoms with van der Waals surface area (Å²) in [5.41, 5.74) is -0.404. The van der Waals surface area contributed by atoms with Gasteiger partial charge in [-0.2, -0.15) is 0 Å². The molecule has 1 aromatic heterocycles. The second kappa shape index (κ2) is 9.34. The van der Waals surface area contributed by atoms with Crippen molar-refractivity contribution in [3.8, 4) is 0 Å². The number of hydrogen-bond acceptors (Lipinski definition) is 5. The lowest BCUT2D eigenvalue weighted by molar-refractivity contribution is -0.120. The molecule has 8 heteroatoms. The molecule has 1 aliphatic rings. The molecule has 8 nitrogen and oxygen atoms in total. The van der Waals surface area contributed by atoms with Gasteiger partial charge in [0, 0.05) is 18.3 Å². The number of nitrogens with one attached hydrogen (secondary N) is 2. The van der Waals surface area contributed by atoms with Crippen molar-refractivity contribution >= 4 is 17.9 Å². The molecule has 148 valence electrons. The van der Waals surface area contributed by atoms with Crippen molar-refractivity contribution < 1.29 is 19.1 Å². The van der Waals surface area contributed by atoms with Gasteiger partial charge in [0.1, 0.15) is 6.54 Å². The first-order valence-electron chi connectivity index (χ1n) is 9.28. The van der Waals surface area contributed by atoms with Crippen LogP contribution >= 0.6 is 0 Å². The number of pyridine rings is 1. The van der Waals surface area contributed by atoms with Crippen molar-refractivity contribution in [1.82, 2.24) is 15.2 Å². The molecule has 1 aromatic rings. The number of carbonyl (C=O) groups excluding carboxylic acids is 3.